The Labute approximate surface area is 101 Å². The Morgan fingerprint density at radius 1 is 1.25 bits per heavy atom. The van der Waals surface area contributed by atoms with Crippen LogP contribution in [0.3, 0.4) is 0 Å². The summed E-state index contributed by atoms with van der Waals surface area (Å²) in [5.41, 5.74) is 6.23. The van der Waals surface area contributed by atoms with E-state index >= 15 is 0 Å². The van der Waals surface area contributed by atoms with Crippen molar-refractivity contribution in [2.75, 3.05) is 19.6 Å². The monoisotopic (exact) mass is 224 g/mol. The molecule has 1 heterocycles. The van der Waals surface area contributed by atoms with E-state index in [4.69, 9.17) is 5.73 Å². The summed E-state index contributed by atoms with van der Waals surface area (Å²) < 4.78 is 0. The van der Waals surface area contributed by atoms with Crippen molar-refractivity contribution in [3.63, 3.8) is 0 Å². The third-order valence-electron chi connectivity index (χ3n) is 4.49. The molecule has 0 aromatic heterocycles. The number of hydrogen-bond acceptors (Lipinski definition) is 2. The van der Waals surface area contributed by atoms with Crippen LogP contribution in [0.4, 0.5) is 0 Å². The zero-order valence-electron chi connectivity index (χ0n) is 11.0. The highest BCUT2D eigenvalue weighted by molar-refractivity contribution is 4.92. The van der Waals surface area contributed by atoms with E-state index in [1.165, 1.54) is 51.7 Å². The van der Waals surface area contributed by atoms with Gasteiger partial charge in [0.25, 0.3) is 0 Å². The Kier molecular flexibility index (Phi) is 4.26. The summed E-state index contributed by atoms with van der Waals surface area (Å²) in [5, 5.41) is 0. The van der Waals surface area contributed by atoms with Gasteiger partial charge >= 0.3 is 0 Å². The Morgan fingerprint density at radius 3 is 2.75 bits per heavy atom. The zero-order chi connectivity index (χ0) is 11.5. The van der Waals surface area contributed by atoms with E-state index in [2.05, 4.69) is 18.7 Å². The van der Waals surface area contributed by atoms with Crippen molar-refractivity contribution in [1.82, 2.24) is 4.90 Å². The van der Waals surface area contributed by atoms with E-state index in [0.717, 1.165) is 17.8 Å². The lowest BCUT2D eigenvalue weighted by molar-refractivity contribution is 0.259. The van der Waals surface area contributed by atoms with Gasteiger partial charge in [-0.2, -0.15) is 0 Å². The fourth-order valence-electron chi connectivity index (χ4n) is 3.51. The van der Waals surface area contributed by atoms with Crippen molar-refractivity contribution in [1.29, 1.82) is 0 Å². The van der Waals surface area contributed by atoms with E-state index in [0.29, 0.717) is 6.04 Å². The average Bonchev–Trinajstić information content (AvgIpc) is 2.61. The predicted molar refractivity (Wildman–Crippen MR) is 69.3 cm³/mol. The highest BCUT2D eigenvalue weighted by Gasteiger charge is 2.38. The second-order valence-corrected chi connectivity index (χ2v) is 6.31. The molecule has 2 nitrogen and oxygen atoms in total. The Morgan fingerprint density at radius 2 is 2.06 bits per heavy atom. The van der Waals surface area contributed by atoms with Crippen LogP contribution in [0.25, 0.3) is 0 Å². The molecule has 1 saturated carbocycles. The van der Waals surface area contributed by atoms with Gasteiger partial charge in [-0.15, -0.1) is 0 Å². The largest absolute Gasteiger partial charge is 0.327 e. The third kappa shape index (κ3) is 2.98. The quantitative estimate of drug-likeness (QED) is 0.795. The topological polar surface area (TPSA) is 29.3 Å². The third-order valence-corrected chi connectivity index (χ3v) is 4.49. The molecule has 2 rings (SSSR count). The first-order chi connectivity index (χ1) is 7.66. The van der Waals surface area contributed by atoms with Crippen LogP contribution in [-0.4, -0.2) is 30.6 Å². The van der Waals surface area contributed by atoms with Crippen molar-refractivity contribution >= 4 is 0 Å². The molecule has 0 spiro atoms. The first kappa shape index (κ1) is 12.4. The molecule has 0 bridgehead atoms. The molecule has 2 heteroatoms. The molecular weight excluding hydrogens is 196 g/mol. The van der Waals surface area contributed by atoms with Gasteiger partial charge < -0.3 is 10.6 Å². The van der Waals surface area contributed by atoms with Crippen molar-refractivity contribution in [3.05, 3.63) is 0 Å². The van der Waals surface area contributed by atoms with E-state index in [9.17, 15) is 0 Å². The highest BCUT2D eigenvalue weighted by Crippen LogP contribution is 2.35. The van der Waals surface area contributed by atoms with Gasteiger partial charge in [0.1, 0.15) is 0 Å². The minimum absolute atomic E-state index is 0.494. The second-order valence-electron chi connectivity index (χ2n) is 6.31. The molecule has 2 fully saturated rings. The summed E-state index contributed by atoms with van der Waals surface area (Å²) in [6.45, 7) is 8.55. The highest BCUT2D eigenvalue weighted by atomic mass is 15.2. The zero-order valence-corrected chi connectivity index (χ0v) is 11.0. The molecule has 2 aliphatic rings. The fraction of sp³-hybridized carbons (Fsp3) is 1.00. The first-order valence-corrected chi connectivity index (χ1v) is 7.14. The minimum atomic E-state index is 0.494. The van der Waals surface area contributed by atoms with Crippen LogP contribution in [0, 0.1) is 17.8 Å². The SMILES string of the molecule is CC(C)CCCN1CC2CCCC(N)C2C1. The van der Waals surface area contributed by atoms with Gasteiger partial charge in [-0.1, -0.05) is 20.3 Å². The molecule has 1 aliphatic heterocycles. The van der Waals surface area contributed by atoms with E-state index < -0.39 is 0 Å². The van der Waals surface area contributed by atoms with Gasteiger partial charge in [-0.25, -0.2) is 0 Å². The maximum atomic E-state index is 6.23. The van der Waals surface area contributed by atoms with Crippen LogP contribution in [0.1, 0.15) is 46.0 Å². The van der Waals surface area contributed by atoms with Crippen molar-refractivity contribution in [3.8, 4) is 0 Å². The number of likely N-dealkylation sites (tertiary alicyclic amines) is 1. The molecule has 16 heavy (non-hydrogen) atoms. The van der Waals surface area contributed by atoms with E-state index in [1.54, 1.807) is 0 Å². The number of nitrogens with zero attached hydrogens (tertiary/aromatic N) is 1. The van der Waals surface area contributed by atoms with E-state index in [-0.39, 0.29) is 0 Å². The van der Waals surface area contributed by atoms with E-state index in [1.807, 2.05) is 0 Å². The van der Waals surface area contributed by atoms with Crippen molar-refractivity contribution in [2.45, 2.75) is 52.0 Å². The normalized spacial score (nSPS) is 35.6. The van der Waals surface area contributed by atoms with Gasteiger partial charge in [0.2, 0.25) is 0 Å². The van der Waals surface area contributed by atoms with Gasteiger partial charge in [0.05, 0.1) is 0 Å². The standard InChI is InChI=1S/C14H28N2/c1-11(2)5-4-8-16-9-12-6-3-7-14(15)13(12)10-16/h11-14H,3-10,15H2,1-2H3. The molecule has 0 amide bonds. The maximum Gasteiger partial charge on any atom is 0.00825 e. The van der Waals surface area contributed by atoms with Gasteiger partial charge in [0, 0.05) is 19.1 Å². The van der Waals surface area contributed by atoms with Gasteiger partial charge in [0.15, 0.2) is 0 Å². The summed E-state index contributed by atoms with van der Waals surface area (Å²) >= 11 is 0. The lowest BCUT2D eigenvalue weighted by Gasteiger charge is -2.29. The molecule has 0 aromatic carbocycles. The van der Waals surface area contributed by atoms with Gasteiger partial charge in [-0.05, 0) is 50.0 Å². The Balaban J connectivity index is 1.74. The second kappa shape index (κ2) is 5.50. The summed E-state index contributed by atoms with van der Waals surface area (Å²) in [4.78, 5) is 2.67. The molecule has 3 atom stereocenters. The number of fused-ring (bicyclic) bond motifs is 1. The fourth-order valence-corrected chi connectivity index (χ4v) is 3.51. The predicted octanol–water partition coefficient (Wildman–Crippen LogP) is 2.48. The summed E-state index contributed by atoms with van der Waals surface area (Å²) in [7, 11) is 0. The Bertz CT molecular complexity index is 215. The van der Waals surface area contributed by atoms with Crippen LogP contribution >= 0.6 is 0 Å². The summed E-state index contributed by atoms with van der Waals surface area (Å²) in [5.74, 6) is 2.59. The lowest BCUT2D eigenvalue weighted by Crippen LogP contribution is -2.38. The van der Waals surface area contributed by atoms with Crippen LogP contribution in [0.2, 0.25) is 0 Å². The minimum Gasteiger partial charge on any atom is -0.327 e. The molecule has 0 aromatic rings. The smallest absolute Gasteiger partial charge is 0.00825 e. The molecule has 1 saturated heterocycles. The maximum absolute atomic E-state index is 6.23. The van der Waals surface area contributed by atoms with Crippen LogP contribution in [0.5, 0.6) is 0 Å². The first-order valence-electron chi connectivity index (χ1n) is 7.14. The van der Waals surface area contributed by atoms with Crippen molar-refractivity contribution in [2.24, 2.45) is 23.5 Å². The lowest BCUT2D eigenvalue weighted by atomic mass is 9.78. The molecule has 1 aliphatic carbocycles. The number of hydrogen-bond donors (Lipinski definition) is 1. The molecular formula is C14H28N2. The van der Waals surface area contributed by atoms with Crippen LogP contribution in [-0.2, 0) is 0 Å². The molecule has 3 unspecified atom stereocenters. The summed E-state index contributed by atoms with van der Waals surface area (Å²) in [6, 6.07) is 0.494. The number of nitrogens with two attached hydrogens (primary N) is 1. The van der Waals surface area contributed by atoms with Crippen LogP contribution in [0.15, 0.2) is 0 Å². The molecule has 0 radical (unpaired) electrons. The van der Waals surface area contributed by atoms with Gasteiger partial charge in [-0.3, -0.25) is 0 Å². The summed E-state index contributed by atoms with van der Waals surface area (Å²) in [6.07, 6.45) is 6.80. The van der Waals surface area contributed by atoms with Crippen LogP contribution < -0.4 is 5.73 Å². The Hall–Kier alpha value is -0.0800. The molecule has 94 valence electrons. The number of rotatable bonds is 4. The molecule has 2 N–H and O–H groups in total. The van der Waals surface area contributed by atoms with Crippen molar-refractivity contribution < 1.29 is 0 Å². The average molecular weight is 224 g/mol.